The number of rotatable bonds is 2. The summed E-state index contributed by atoms with van der Waals surface area (Å²) in [6, 6.07) is 15.3. The molecule has 80 valence electrons. The van der Waals surface area contributed by atoms with Gasteiger partial charge in [-0.1, -0.05) is 31.2 Å². The van der Waals surface area contributed by atoms with Crippen LogP contribution in [-0.4, -0.2) is 4.57 Å². The van der Waals surface area contributed by atoms with Crippen molar-refractivity contribution in [3.63, 3.8) is 0 Å². The Kier molecular flexibility index (Phi) is 2.17. The van der Waals surface area contributed by atoms with Crippen molar-refractivity contribution in [3.05, 3.63) is 48.7 Å². The smallest absolute Gasteiger partial charge is 0.0486 e. The van der Waals surface area contributed by atoms with Gasteiger partial charge in [0.1, 0.15) is 0 Å². The lowest BCUT2D eigenvalue weighted by Crippen LogP contribution is -1.93. The average Bonchev–Trinajstić information content (AvgIpc) is 2.70. The van der Waals surface area contributed by atoms with Crippen molar-refractivity contribution in [1.29, 1.82) is 0 Å². The molecule has 1 nitrogen and oxygen atoms in total. The van der Waals surface area contributed by atoms with E-state index in [0.717, 1.165) is 6.54 Å². The predicted molar refractivity (Wildman–Crippen MR) is 69.7 cm³/mol. The van der Waals surface area contributed by atoms with E-state index in [1.807, 2.05) is 0 Å². The van der Waals surface area contributed by atoms with E-state index in [2.05, 4.69) is 60.2 Å². The van der Waals surface area contributed by atoms with Gasteiger partial charge in [-0.3, -0.25) is 0 Å². The highest BCUT2D eigenvalue weighted by Gasteiger charge is 2.01. The normalized spacial score (nSPS) is 11.3. The van der Waals surface area contributed by atoms with Gasteiger partial charge in [0, 0.05) is 23.6 Å². The van der Waals surface area contributed by atoms with E-state index in [1.165, 1.54) is 28.1 Å². The summed E-state index contributed by atoms with van der Waals surface area (Å²) in [6.07, 6.45) is 3.36. The summed E-state index contributed by atoms with van der Waals surface area (Å²) in [7, 11) is 0. The minimum atomic E-state index is 1.10. The number of benzene rings is 2. The fourth-order valence-electron chi connectivity index (χ4n) is 2.31. The summed E-state index contributed by atoms with van der Waals surface area (Å²) < 4.78 is 2.34. The number of hydrogen-bond donors (Lipinski definition) is 0. The van der Waals surface area contributed by atoms with E-state index in [4.69, 9.17) is 0 Å². The first-order valence-electron chi connectivity index (χ1n) is 5.86. The first kappa shape index (κ1) is 9.46. The number of fused-ring (bicyclic) bond motifs is 2. The van der Waals surface area contributed by atoms with Crippen LogP contribution in [-0.2, 0) is 6.54 Å². The molecule has 0 amide bonds. The maximum absolute atomic E-state index is 2.34. The molecule has 16 heavy (non-hydrogen) atoms. The Morgan fingerprint density at radius 2 is 1.69 bits per heavy atom. The van der Waals surface area contributed by atoms with Crippen molar-refractivity contribution in [2.45, 2.75) is 19.9 Å². The molecule has 3 aromatic rings. The number of nitrogens with zero attached hydrogens (tertiary/aromatic N) is 1. The third kappa shape index (κ3) is 1.40. The lowest BCUT2D eigenvalue weighted by molar-refractivity contribution is 0.704. The standard InChI is InChI=1S/C15H15N/c1-2-8-16-9-7-14-10-12-5-3-4-6-13(12)11-15(14)16/h3-7,9-11H,2,8H2,1H3. The minimum Gasteiger partial charge on any atom is -0.347 e. The minimum absolute atomic E-state index is 1.10. The van der Waals surface area contributed by atoms with E-state index in [0.29, 0.717) is 0 Å². The Hall–Kier alpha value is -1.76. The summed E-state index contributed by atoms with van der Waals surface area (Å²) in [6.45, 7) is 3.31. The zero-order valence-corrected chi connectivity index (χ0v) is 9.48. The van der Waals surface area contributed by atoms with E-state index in [1.54, 1.807) is 0 Å². The second-order valence-corrected chi connectivity index (χ2v) is 4.27. The van der Waals surface area contributed by atoms with Crippen molar-refractivity contribution in [3.8, 4) is 0 Å². The SMILES string of the molecule is CCCn1ccc2cc3ccccc3cc21. The van der Waals surface area contributed by atoms with Crippen LogP contribution in [0.3, 0.4) is 0 Å². The highest BCUT2D eigenvalue weighted by molar-refractivity contribution is 5.97. The molecule has 0 fully saturated rings. The molecule has 0 aliphatic rings. The van der Waals surface area contributed by atoms with Gasteiger partial charge in [-0.25, -0.2) is 0 Å². The monoisotopic (exact) mass is 209 g/mol. The Bertz CT molecular complexity index is 634. The third-order valence-electron chi connectivity index (χ3n) is 3.10. The molecule has 1 heterocycles. The van der Waals surface area contributed by atoms with E-state index in [-0.39, 0.29) is 0 Å². The van der Waals surface area contributed by atoms with Gasteiger partial charge in [0.05, 0.1) is 0 Å². The Morgan fingerprint density at radius 3 is 2.44 bits per heavy atom. The molecule has 0 aliphatic carbocycles. The zero-order valence-electron chi connectivity index (χ0n) is 9.48. The van der Waals surface area contributed by atoms with Crippen LogP contribution in [0.4, 0.5) is 0 Å². The molecule has 2 aromatic carbocycles. The van der Waals surface area contributed by atoms with Gasteiger partial charge in [0.2, 0.25) is 0 Å². The van der Waals surface area contributed by atoms with E-state index < -0.39 is 0 Å². The Morgan fingerprint density at radius 1 is 0.938 bits per heavy atom. The van der Waals surface area contributed by atoms with Crippen LogP contribution in [0.1, 0.15) is 13.3 Å². The average molecular weight is 209 g/mol. The quantitative estimate of drug-likeness (QED) is 0.596. The molecular weight excluding hydrogens is 194 g/mol. The molecule has 0 saturated heterocycles. The number of hydrogen-bond acceptors (Lipinski definition) is 0. The fraction of sp³-hybridized carbons (Fsp3) is 0.200. The van der Waals surface area contributed by atoms with Crippen molar-refractivity contribution >= 4 is 21.7 Å². The first-order chi connectivity index (χ1) is 7.88. The second kappa shape index (κ2) is 3.67. The number of aryl methyl sites for hydroxylation is 1. The summed E-state index contributed by atoms with van der Waals surface area (Å²) in [4.78, 5) is 0. The van der Waals surface area contributed by atoms with Gasteiger partial charge in [-0.2, -0.15) is 0 Å². The molecule has 0 saturated carbocycles. The Labute approximate surface area is 95.3 Å². The molecule has 0 aliphatic heterocycles. The van der Waals surface area contributed by atoms with Gasteiger partial charge in [-0.15, -0.1) is 0 Å². The fourth-order valence-corrected chi connectivity index (χ4v) is 2.31. The van der Waals surface area contributed by atoms with Crippen LogP contribution in [0, 0.1) is 0 Å². The van der Waals surface area contributed by atoms with Gasteiger partial charge < -0.3 is 4.57 Å². The molecule has 1 heteroatoms. The van der Waals surface area contributed by atoms with Crippen LogP contribution in [0.15, 0.2) is 48.7 Å². The van der Waals surface area contributed by atoms with Crippen LogP contribution in [0.2, 0.25) is 0 Å². The van der Waals surface area contributed by atoms with Crippen molar-refractivity contribution < 1.29 is 0 Å². The summed E-state index contributed by atoms with van der Waals surface area (Å²) in [5, 5.41) is 3.99. The first-order valence-corrected chi connectivity index (χ1v) is 5.86. The maximum atomic E-state index is 2.34. The summed E-state index contributed by atoms with van der Waals surface area (Å²) >= 11 is 0. The largest absolute Gasteiger partial charge is 0.347 e. The highest BCUT2D eigenvalue weighted by Crippen LogP contribution is 2.23. The molecule has 0 spiro atoms. The second-order valence-electron chi connectivity index (χ2n) is 4.27. The van der Waals surface area contributed by atoms with Crippen LogP contribution >= 0.6 is 0 Å². The van der Waals surface area contributed by atoms with Crippen molar-refractivity contribution in [1.82, 2.24) is 4.57 Å². The summed E-state index contributed by atoms with van der Waals surface area (Å²) in [5.74, 6) is 0. The molecule has 0 unspecified atom stereocenters. The van der Waals surface area contributed by atoms with Crippen molar-refractivity contribution in [2.24, 2.45) is 0 Å². The molecule has 0 N–H and O–H groups in total. The van der Waals surface area contributed by atoms with Gasteiger partial charge >= 0.3 is 0 Å². The zero-order chi connectivity index (χ0) is 11.0. The lowest BCUT2D eigenvalue weighted by Gasteiger charge is -2.04. The van der Waals surface area contributed by atoms with E-state index >= 15 is 0 Å². The topological polar surface area (TPSA) is 4.93 Å². The molecule has 0 radical (unpaired) electrons. The molecule has 0 atom stereocenters. The Balaban J connectivity index is 2.31. The molecule has 3 rings (SSSR count). The van der Waals surface area contributed by atoms with E-state index in [9.17, 15) is 0 Å². The third-order valence-corrected chi connectivity index (χ3v) is 3.10. The van der Waals surface area contributed by atoms with Gasteiger partial charge in [0.15, 0.2) is 0 Å². The molecule has 1 aromatic heterocycles. The van der Waals surface area contributed by atoms with Crippen LogP contribution in [0.5, 0.6) is 0 Å². The van der Waals surface area contributed by atoms with Crippen LogP contribution in [0.25, 0.3) is 21.7 Å². The lowest BCUT2D eigenvalue weighted by atomic mass is 10.1. The van der Waals surface area contributed by atoms with Gasteiger partial charge in [0.25, 0.3) is 0 Å². The molecule has 0 bridgehead atoms. The predicted octanol–water partition coefficient (Wildman–Crippen LogP) is 4.20. The molecular formula is C15H15N. The highest BCUT2D eigenvalue weighted by atomic mass is 14.9. The van der Waals surface area contributed by atoms with Crippen LogP contribution < -0.4 is 0 Å². The van der Waals surface area contributed by atoms with Gasteiger partial charge in [-0.05, 0) is 35.4 Å². The summed E-state index contributed by atoms with van der Waals surface area (Å²) in [5.41, 5.74) is 1.35. The number of aromatic nitrogens is 1. The maximum Gasteiger partial charge on any atom is 0.0486 e. The van der Waals surface area contributed by atoms with Crippen molar-refractivity contribution in [2.75, 3.05) is 0 Å².